The summed E-state index contributed by atoms with van der Waals surface area (Å²) >= 11 is 0. The maximum Gasteiger partial charge on any atom is 0.123 e. The SMILES string of the molecule is Cn1cc(-c2ccc3c(c2)CC/C3=N\O)c(-c2ccnc(N)c2)n1. The van der Waals surface area contributed by atoms with Crippen molar-refractivity contribution >= 4 is 11.5 Å². The van der Waals surface area contributed by atoms with Crippen LogP contribution in [0.3, 0.4) is 0 Å². The minimum absolute atomic E-state index is 0.474. The van der Waals surface area contributed by atoms with Crippen molar-refractivity contribution in [3.05, 3.63) is 53.9 Å². The molecule has 0 fully saturated rings. The molecule has 3 aromatic rings. The molecule has 6 heteroatoms. The van der Waals surface area contributed by atoms with Crippen molar-refractivity contribution in [1.29, 1.82) is 0 Å². The van der Waals surface area contributed by atoms with Gasteiger partial charge in [0.25, 0.3) is 0 Å². The fourth-order valence-electron chi connectivity index (χ4n) is 3.25. The Morgan fingerprint density at radius 2 is 2.00 bits per heavy atom. The third-order valence-corrected chi connectivity index (χ3v) is 4.36. The minimum Gasteiger partial charge on any atom is -0.411 e. The zero-order valence-corrected chi connectivity index (χ0v) is 13.3. The van der Waals surface area contributed by atoms with E-state index in [1.54, 1.807) is 10.9 Å². The Hall–Kier alpha value is -3.15. The molecule has 0 bridgehead atoms. The lowest BCUT2D eigenvalue weighted by Gasteiger charge is -2.06. The summed E-state index contributed by atoms with van der Waals surface area (Å²) in [6, 6.07) is 9.95. The lowest BCUT2D eigenvalue weighted by Crippen LogP contribution is -1.94. The predicted octanol–water partition coefficient (Wildman–Crippen LogP) is 2.86. The largest absolute Gasteiger partial charge is 0.411 e. The van der Waals surface area contributed by atoms with Gasteiger partial charge in [-0.3, -0.25) is 4.68 Å². The molecule has 0 amide bonds. The van der Waals surface area contributed by atoms with Gasteiger partial charge in [-0.05, 0) is 36.1 Å². The zero-order valence-electron chi connectivity index (χ0n) is 13.3. The summed E-state index contributed by atoms with van der Waals surface area (Å²) in [5.74, 6) is 0.474. The molecule has 3 N–H and O–H groups in total. The van der Waals surface area contributed by atoms with Crippen molar-refractivity contribution in [2.24, 2.45) is 12.2 Å². The van der Waals surface area contributed by atoms with Crippen LogP contribution in [0, 0.1) is 0 Å². The normalized spacial score (nSPS) is 15.0. The monoisotopic (exact) mass is 319 g/mol. The molecule has 0 radical (unpaired) electrons. The van der Waals surface area contributed by atoms with E-state index in [2.05, 4.69) is 21.3 Å². The van der Waals surface area contributed by atoms with Crippen molar-refractivity contribution in [2.75, 3.05) is 5.73 Å². The van der Waals surface area contributed by atoms with Crippen LogP contribution < -0.4 is 5.73 Å². The Bertz CT molecular complexity index is 958. The number of nitrogens with zero attached hydrogens (tertiary/aromatic N) is 4. The highest BCUT2D eigenvalue weighted by Crippen LogP contribution is 2.34. The first-order chi connectivity index (χ1) is 11.7. The zero-order chi connectivity index (χ0) is 16.7. The second kappa shape index (κ2) is 5.49. The number of aryl methyl sites for hydroxylation is 2. The van der Waals surface area contributed by atoms with Crippen LogP contribution in [0.25, 0.3) is 22.4 Å². The summed E-state index contributed by atoms with van der Waals surface area (Å²) in [5, 5.41) is 17.1. The third-order valence-electron chi connectivity index (χ3n) is 4.36. The van der Waals surface area contributed by atoms with E-state index in [9.17, 15) is 0 Å². The first-order valence-electron chi connectivity index (χ1n) is 7.76. The van der Waals surface area contributed by atoms with E-state index in [1.165, 1.54) is 5.56 Å². The number of oxime groups is 1. The highest BCUT2D eigenvalue weighted by Gasteiger charge is 2.20. The van der Waals surface area contributed by atoms with Gasteiger partial charge >= 0.3 is 0 Å². The van der Waals surface area contributed by atoms with E-state index in [4.69, 9.17) is 10.9 Å². The minimum atomic E-state index is 0.474. The van der Waals surface area contributed by atoms with Gasteiger partial charge in [-0.25, -0.2) is 4.98 Å². The number of hydrogen-bond acceptors (Lipinski definition) is 5. The average Bonchev–Trinajstić information content (AvgIpc) is 3.17. The van der Waals surface area contributed by atoms with Crippen LogP contribution in [-0.2, 0) is 13.5 Å². The second-order valence-corrected chi connectivity index (χ2v) is 5.95. The van der Waals surface area contributed by atoms with Crippen molar-refractivity contribution in [2.45, 2.75) is 12.8 Å². The van der Waals surface area contributed by atoms with Crippen molar-refractivity contribution in [3.8, 4) is 22.4 Å². The molecular weight excluding hydrogens is 302 g/mol. The third kappa shape index (κ3) is 2.32. The van der Waals surface area contributed by atoms with Crippen LogP contribution in [0.5, 0.6) is 0 Å². The number of fused-ring (bicyclic) bond motifs is 1. The number of anilines is 1. The van der Waals surface area contributed by atoms with Gasteiger partial charge in [0.2, 0.25) is 0 Å². The van der Waals surface area contributed by atoms with E-state index < -0.39 is 0 Å². The fraction of sp³-hybridized carbons (Fsp3) is 0.167. The number of pyridine rings is 1. The summed E-state index contributed by atoms with van der Waals surface area (Å²) in [7, 11) is 1.90. The number of hydrogen-bond donors (Lipinski definition) is 2. The lowest BCUT2D eigenvalue weighted by atomic mass is 9.98. The van der Waals surface area contributed by atoms with Crippen LogP contribution >= 0.6 is 0 Å². The number of nitrogens with two attached hydrogens (primary N) is 1. The van der Waals surface area contributed by atoms with E-state index in [-0.39, 0.29) is 0 Å². The predicted molar refractivity (Wildman–Crippen MR) is 92.9 cm³/mol. The first-order valence-corrected chi connectivity index (χ1v) is 7.76. The summed E-state index contributed by atoms with van der Waals surface area (Å²) in [6.07, 6.45) is 5.36. The summed E-state index contributed by atoms with van der Waals surface area (Å²) in [5.41, 5.74) is 12.7. The van der Waals surface area contributed by atoms with Gasteiger partial charge in [-0.15, -0.1) is 0 Å². The van der Waals surface area contributed by atoms with Crippen molar-refractivity contribution in [1.82, 2.24) is 14.8 Å². The lowest BCUT2D eigenvalue weighted by molar-refractivity contribution is 0.318. The van der Waals surface area contributed by atoms with Crippen LogP contribution in [-0.4, -0.2) is 25.7 Å². The topological polar surface area (TPSA) is 89.3 Å². The maximum absolute atomic E-state index is 9.08. The van der Waals surface area contributed by atoms with Crippen LogP contribution in [0.1, 0.15) is 17.5 Å². The molecule has 0 saturated carbocycles. The van der Waals surface area contributed by atoms with E-state index in [0.29, 0.717) is 5.82 Å². The highest BCUT2D eigenvalue weighted by molar-refractivity contribution is 6.04. The van der Waals surface area contributed by atoms with Gasteiger partial charge in [0.15, 0.2) is 0 Å². The van der Waals surface area contributed by atoms with Gasteiger partial charge in [-0.1, -0.05) is 23.4 Å². The Kier molecular flexibility index (Phi) is 3.30. The molecule has 2 heterocycles. The number of aromatic nitrogens is 3. The van der Waals surface area contributed by atoms with Gasteiger partial charge < -0.3 is 10.9 Å². The number of benzene rings is 1. The Morgan fingerprint density at radius 1 is 1.12 bits per heavy atom. The average molecular weight is 319 g/mol. The van der Waals surface area contributed by atoms with Crippen molar-refractivity contribution < 1.29 is 5.21 Å². The second-order valence-electron chi connectivity index (χ2n) is 5.95. The van der Waals surface area contributed by atoms with E-state index in [1.807, 2.05) is 37.5 Å². The quantitative estimate of drug-likeness (QED) is 0.561. The van der Waals surface area contributed by atoms with Gasteiger partial charge in [-0.2, -0.15) is 5.10 Å². The van der Waals surface area contributed by atoms with Gasteiger partial charge in [0.1, 0.15) is 11.5 Å². The Balaban J connectivity index is 1.84. The molecule has 0 unspecified atom stereocenters. The standard InChI is InChI=1S/C18H17N5O/c1-23-10-15(18(21-23)13-6-7-20-17(19)9-13)12-2-4-14-11(8-12)3-5-16(14)22-24/h2,4,6-10,24H,3,5H2,1H3,(H2,19,20)/b22-16+. The molecule has 4 rings (SSSR count). The molecule has 120 valence electrons. The smallest absolute Gasteiger partial charge is 0.123 e. The van der Waals surface area contributed by atoms with Crippen LogP contribution in [0.4, 0.5) is 5.82 Å². The van der Waals surface area contributed by atoms with Crippen LogP contribution in [0.2, 0.25) is 0 Å². The van der Waals surface area contributed by atoms with Crippen LogP contribution in [0.15, 0.2) is 47.9 Å². The molecule has 1 aliphatic carbocycles. The Labute approximate surface area is 139 Å². The molecule has 24 heavy (non-hydrogen) atoms. The summed E-state index contributed by atoms with van der Waals surface area (Å²) < 4.78 is 1.80. The number of nitrogen functional groups attached to an aromatic ring is 1. The molecule has 0 saturated heterocycles. The summed E-state index contributed by atoms with van der Waals surface area (Å²) in [4.78, 5) is 4.05. The first kappa shape index (κ1) is 14.4. The van der Waals surface area contributed by atoms with Crippen molar-refractivity contribution in [3.63, 3.8) is 0 Å². The molecule has 0 aliphatic heterocycles. The molecule has 2 aromatic heterocycles. The number of rotatable bonds is 2. The molecular formula is C18H17N5O. The molecule has 6 nitrogen and oxygen atoms in total. The summed E-state index contributed by atoms with van der Waals surface area (Å²) in [6.45, 7) is 0. The van der Waals surface area contributed by atoms with Gasteiger partial charge in [0.05, 0.1) is 5.71 Å². The van der Waals surface area contributed by atoms with E-state index >= 15 is 0 Å². The molecule has 1 aromatic carbocycles. The molecule has 0 atom stereocenters. The fourth-order valence-corrected chi connectivity index (χ4v) is 3.25. The molecule has 0 spiro atoms. The van der Waals surface area contributed by atoms with E-state index in [0.717, 1.165) is 46.5 Å². The van der Waals surface area contributed by atoms with Gasteiger partial charge in [0, 0.05) is 36.1 Å². The maximum atomic E-state index is 9.08. The molecule has 1 aliphatic rings. The highest BCUT2D eigenvalue weighted by atomic mass is 16.4. The Morgan fingerprint density at radius 3 is 2.79 bits per heavy atom.